The zero-order valence-electron chi connectivity index (χ0n) is 16.1. The average Bonchev–Trinajstić information content (AvgIpc) is 3.29. The molecule has 0 unspecified atom stereocenters. The summed E-state index contributed by atoms with van der Waals surface area (Å²) in [5.74, 6) is -2.68. The second kappa shape index (κ2) is 9.18. The van der Waals surface area contributed by atoms with Crippen LogP contribution in [0.2, 0.25) is 0 Å². The highest BCUT2D eigenvalue weighted by atomic mass is 32.2. The SMILES string of the molecule is O=C(COC(=O)c1ccc(S(=O)(=O)N2CCCC2)cc1)Nc1cc([N+](=O)[O-])ccc1F. The maximum absolute atomic E-state index is 13.7. The molecule has 1 aliphatic rings. The second-order valence-corrected chi connectivity index (χ2v) is 8.62. The van der Waals surface area contributed by atoms with E-state index in [1.165, 1.54) is 28.6 Å². The van der Waals surface area contributed by atoms with Gasteiger partial charge < -0.3 is 10.1 Å². The Kier molecular flexibility index (Phi) is 6.61. The molecule has 1 heterocycles. The van der Waals surface area contributed by atoms with Gasteiger partial charge in [0.25, 0.3) is 11.6 Å². The molecule has 164 valence electrons. The van der Waals surface area contributed by atoms with Crippen molar-refractivity contribution in [1.82, 2.24) is 4.31 Å². The molecule has 1 fully saturated rings. The van der Waals surface area contributed by atoms with Gasteiger partial charge in [0.15, 0.2) is 6.61 Å². The number of non-ortho nitro benzene ring substituents is 1. The maximum atomic E-state index is 13.7. The van der Waals surface area contributed by atoms with Crippen LogP contribution in [0.3, 0.4) is 0 Å². The number of anilines is 1. The van der Waals surface area contributed by atoms with Crippen LogP contribution in [0.5, 0.6) is 0 Å². The van der Waals surface area contributed by atoms with Crippen LogP contribution in [0, 0.1) is 15.9 Å². The van der Waals surface area contributed by atoms with Gasteiger partial charge in [-0.2, -0.15) is 4.31 Å². The number of nitro benzene ring substituents is 1. The third kappa shape index (κ3) is 5.22. The van der Waals surface area contributed by atoms with Crippen molar-refractivity contribution in [2.45, 2.75) is 17.7 Å². The zero-order valence-corrected chi connectivity index (χ0v) is 16.9. The molecule has 12 heteroatoms. The molecule has 2 aromatic rings. The molecule has 0 aromatic heterocycles. The number of sulfonamides is 1. The fourth-order valence-corrected chi connectivity index (χ4v) is 4.48. The first kappa shape index (κ1) is 22.3. The number of nitrogens with zero attached hydrogens (tertiary/aromatic N) is 2. The average molecular weight is 451 g/mol. The van der Waals surface area contributed by atoms with Crippen molar-refractivity contribution in [3.05, 3.63) is 64.0 Å². The van der Waals surface area contributed by atoms with Crippen molar-refractivity contribution in [2.24, 2.45) is 0 Å². The van der Waals surface area contributed by atoms with Crippen molar-refractivity contribution in [1.29, 1.82) is 0 Å². The van der Waals surface area contributed by atoms with Gasteiger partial charge >= 0.3 is 5.97 Å². The lowest BCUT2D eigenvalue weighted by Crippen LogP contribution is -2.27. The molecule has 0 bridgehead atoms. The van der Waals surface area contributed by atoms with Crippen molar-refractivity contribution in [3.63, 3.8) is 0 Å². The first-order chi connectivity index (χ1) is 14.7. The number of hydrogen-bond donors (Lipinski definition) is 1. The van der Waals surface area contributed by atoms with Gasteiger partial charge in [0.05, 0.1) is 21.1 Å². The topological polar surface area (TPSA) is 136 Å². The van der Waals surface area contributed by atoms with Crippen molar-refractivity contribution < 1.29 is 32.1 Å². The Bertz CT molecular complexity index is 1110. The number of amides is 1. The molecule has 1 aliphatic heterocycles. The van der Waals surface area contributed by atoms with Gasteiger partial charge in [-0.1, -0.05) is 0 Å². The number of carbonyl (C=O) groups is 2. The molecular weight excluding hydrogens is 433 g/mol. The smallest absolute Gasteiger partial charge is 0.338 e. The lowest BCUT2D eigenvalue weighted by atomic mass is 10.2. The minimum atomic E-state index is -3.62. The van der Waals surface area contributed by atoms with Gasteiger partial charge in [0, 0.05) is 25.2 Å². The summed E-state index contributed by atoms with van der Waals surface area (Å²) in [4.78, 5) is 34.1. The number of nitro groups is 1. The van der Waals surface area contributed by atoms with Crippen LogP contribution in [0.4, 0.5) is 15.8 Å². The van der Waals surface area contributed by atoms with Crippen molar-refractivity contribution >= 4 is 33.3 Å². The van der Waals surface area contributed by atoms with Gasteiger partial charge in [0.2, 0.25) is 10.0 Å². The van der Waals surface area contributed by atoms with E-state index in [-0.39, 0.29) is 10.5 Å². The fraction of sp³-hybridized carbons (Fsp3) is 0.263. The molecule has 0 spiro atoms. The highest BCUT2D eigenvalue weighted by Crippen LogP contribution is 2.22. The summed E-state index contributed by atoms with van der Waals surface area (Å²) in [6, 6.07) is 7.71. The number of hydrogen-bond acceptors (Lipinski definition) is 7. The number of carbonyl (C=O) groups excluding carboxylic acids is 2. The number of ether oxygens (including phenoxy) is 1. The molecule has 1 N–H and O–H groups in total. The molecule has 2 aromatic carbocycles. The Morgan fingerprint density at radius 3 is 2.39 bits per heavy atom. The molecule has 0 atom stereocenters. The third-order valence-electron chi connectivity index (χ3n) is 4.56. The Balaban J connectivity index is 1.59. The highest BCUT2D eigenvalue weighted by molar-refractivity contribution is 7.89. The molecule has 1 amide bonds. The van der Waals surface area contributed by atoms with Crippen LogP contribution in [0.15, 0.2) is 47.4 Å². The van der Waals surface area contributed by atoms with E-state index in [9.17, 15) is 32.5 Å². The number of rotatable bonds is 7. The van der Waals surface area contributed by atoms with Crippen LogP contribution in [0.1, 0.15) is 23.2 Å². The first-order valence-electron chi connectivity index (χ1n) is 9.19. The summed E-state index contributed by atoms with van der Waals surface area (Å²) in [5.41, 5.74) is -0.820. The second-order valence-electron chi connectivity index (χ2n) is 6.68. The Morgan fingerprint density at radius 2 is 1.77 bits per heavy atom. The number of benzene rings is 2. The molecule has 0 saturated carbocycles. The van der Waals surface area contributed by atoms with E-state index >= 15 is 0 Å². The van der Waals surface area contributed by atoms with E-state index in [0.29, 0.717) is 13.1 Å². The zero-order chi connectivity index (χ0) is 22.6. The highest BCUT2D eigenvalue weighted by Gasteiger charge is 2.27. The van der Waals surface area contributed by atoms with Crippen LogP contribution in [0.25, 0.3) is 0 Å². The van der Waals surface area contributed by atoms with Crippen molar-refractivity contribution in [2.75, 3.05) is 25.0 Å². The third-order valence-corrected chi connectivity index (χ3v) is 6.47. The first-order valence-corrected chi connectivity index (χ1v) is 10.6. The van der Waals surface area contributed by atoms with Crippen molar-refractivity contribution in [3.8, 4) is 0 Å². The molecule has 3 rings (SSSR count). The van der Waals surface area contributed by atoms with Gasteiger partial charge in [-0.15, -0.1) is 0 Å². The Morgan fingerprint density at radius 1 is 1.13 bits per heavy atom. The largest absolute Gasteiger partial charge is 0.452 e. The monoisotopic (exact) mass is 451 g/mol. The number of esters is 1. The van der Waals surface area contributed by atoms with Gasteiger partial charge in [-0.3, -0.25) is 14.9 Å². The van der Waals surface area contributed by atoms with Crippen LogP contribution in [-0.4, -0.2) is 49.2 Å². The maximum Gasteiger partial charge on any atom is 0.338 e. The Labute approximate surface area is 176 Å². The van der Waals surface area contributed by atoms with Gasteiger partial charge in [-0.05, 0) is 43.2 Å². The summed E-state index contributed by atoms with van der Waals surface area (Å²) in [6.45, 7) is 0.133. The predicted molar refractivity (Wildman–Crippen MR) is 106 cm³/mol. The molecule has 1 saturated heterocycles. The minimum absolute atomic E-state index is 0.0229. The lowest BCUT2D eigenvalue weighted by molar-refractivity contribution is -0.384. The van der Waals surface area contributed by atoms with Gasteiger partial charge in [-0.25, -0.2) is 17.6 Å². The van der Waals surface area contributed by atoms with Gasteiger partial charge in [0.1, 0.15) is 5.82 Å². The minimum Gasteiger partial charge on any atom is -0.452 e. The standard InChI is InChI=1S/C19H18FN3O7S/c20-16-8-5-14(23(26)27)11-17(16)21-18(24)12-30-19(25)13-3-6-15(7-4-13)31(28,29)22-9-1-2-10-22/h3-8,11H,1-2,9-10,12H2,(H,21,24). The number of nitrogens with one attached hydrogen (secondary N) is 1. The van der Waals surface area contributed by atoms with E-state index in [4.69, 9.17) is 4.74 Å². The predicted octanol–water partition coefficient (Wildman–Crippen LogP) is 2.31. The van der Waals surface area contributed by atoms with E-state index in [1.54, 1.807) is 0 Å². The fourth-order valence-electron chi connectivity index (χ4n) is 2.96. The molecule has 31 heavy (non-hydrogen) atoms. The Hall–Kier alpha value is -3.38. The van der Waals surface area contributed by atoms with E-state index in [0.717, 1.165) is 31.0 Å². The van der Waals surface area contributed by atoms with Crippen LogP contribution in [-0.2, 0) is 19.6 Å². The van der Waals surface area contributed by atoms with Crippen LogP contribution < -0.4 is 5.32 Å². The molecule has 10 nitrogen and oxygen atoms in total. The lowest BCUT2D eigenvalue weighted by Gasteiger charge is -2.15. The molecule has 0 radical (unpaired) electrons. The molecule has 0 aliphatic carbocycles. The van der Waals surface area contributed by atoms with E-state index in [2.05, 4.69) is 5.32 Å². The van der Waals surface area contributed by atoms with E-state index in [1.807, 2.05) is 0 Å². The summed E-state index contributed by atoms with van der Waals surface area (Å²) in [7, 11) is -3.62. The normalized spacial score (nSPS) is 14.2. The quantitative estimate of drug-likeness (QED) is 0.388. The number of halogens is 1. The summed E-state index contributed by atoms with van der Waals surface area (Å²) in [5, 5.41) is 12.8. The summed E-state index contributed by atoms with van der Waals surface area (Å²) < 4.78 is 44.9. The summed E-state index contributed by atoms with van der Waals surface area (Å²) >= 11 is 0. The molecular formula is C19H18FN3O7S. The van der Waals surface area contributed by atoms with Crippen LogP contribution >= 0.6 is 0 Å². The van der Waals surface area contributed by atoms with E-state index < -0.39 is 50.6 Å². The summed E-state index contributed by atoms with van der Waals surface area (Å²) in [6.07, 6.45) is 1.60.